The zero-order chi connectivity index (χ0) is 20.0. The van der Waals surface area contributed by atoms with Gasteiger partial charge >= 0.3 is 5.97 Å². The summed E-state index contributed by atoms with van der Waals surface area (Å²) in [5.74, 6) is -0.315. The smallest absolute Gasteiger partial charge is 0.312 e. The van der Waals surface area contributed by atoms with Gasteiger partial charge in [-0.1, -0.05) is 71.9 Å². The lowest BCUT2D eigenvalue weighted by Crippen LogP contribution is -2.57. The molecule has 0 saturated carbocycles. The van der Waals surface area contributed by atoms with E-state index in [1.54, 1.807) is 0 Å². The van der Waals surface area contributed by atoms with Gasteiger partial charge in [-0.05, 0) is 22.6 Å². The summed E-state index contributed by atoms with van der Waals surface area (Å²) in [4.78, 5) is 12.7. The van der Waals surface area contributed by atoms with E-state index in [1.165, 1.54) is 0 Å². The quantitative estimate of drug-likeness (QED) is 0.531. The molecule has 2 saturated heterocycles. The molecule has 2 aliphatic heterocycles. The number of esters is 1. The van der Waals surface area contributed by atoms with Crippen molar-refractivity contribution >= 4 is 14.3 Å². The summed E-state index contributed by atoms with van der Waals surface area (Å²) in [6.45, 7) is 16.7. The molecule has 0 unspecified atom stereocenters. The Morgan fingerprint density at radius 3 is 2.19 bits per heavy atom. The number of hydrogen-bond donors (Lipinski definition) is 0. The summed E-state index contributed by atoms with van der Waals surface area (Å²) >= 11 is 0. The first kappa shape index (κ1) is 20.6. The van der Waals surface area contributed by atoms with E-state index in [0.717, 1.165) is 5.56 Å². The van der Waals surface area contributed by atoms with Crippen LogP contribution in [0.25, 0.3) is 0 Å². The topological polar surface area (TPSA) is 44.8 Å². The van der Waals surface area contributed by atoms with Gasteiger partial charge in [0.25, 0.3) is 0 Å². The zero-order valence-corrected chi connectivity index (χ0v) is 18.7. The monoisotopic (exact) mass is 390 g/mol. The highest BCUT2D eigenvalue weighted by Gasteiger charge is 2.71. The second kappa shape index (κ2) is 7.01. The number of fused-ring (bicyclic) bond motifs is 1. The summed E-state index contributed by atoms with van der Waals surface area (Å²) in [7, 11) is -2.41. The minimum atomic E-state index is -2.41. The second-order valence-corrected chi connectivity index (χ2v) is 15.5. The van der Waals surface area contributed by atoms with Crippen molar-refractivity contribution in [1.29, 1.82) is 0 Å². The van der Waals surface area contributed by atoms with Gasteiger partial charge in [-0.2, -0.15) is 0 Å². The van der Waals surface area contributed by atoms with E-state index in [9.17, 15) is 4.79 Å². The molecule has 0 spiro atoms. The van der Waals surface area contributed by atoms with Gasteiger partial charge in [0.1, 0.15) is 6.10 Å². The molecule has 1 aromatic rings. The summed E-state index contributed by atoms with van der Waals surface area (Å²) in [6.07, 6.45) is -0.328. The van der Waals surface area contributed by atoms with E-state index in [2.05, 4.69) is 53.7 Å². The van der Waals surface area contributed by atoms with Crippen LogP contribution < -0.4 is 0 Å². The van der Waals surface area contributed by atoms with Crippen LogP contribution in [-0.4, -0.2) is 33.1 Å². The molecule has 150 valence electrons. The van der Waals surface area contributed by atoms with Crippen molar-refractivity contribution < 1.29 is 18.7 Å². The molecule has 27 heavy (non-hydrogen) atoms. The van der Waals surface area contributed by atoms with E-state index in [1.807, 2.05) is 25.1 Å². The standard InChI is InChI=1S/C22H34O4Si/c1-15-19-18(20(23)25-15)17(14-24-13-16-11-9-8-10-12-16)27(26-19,21(2,3)4)22(5,6)7/h8-12,15,17-19H,13-14H2,1-7H3/t15-,17+,18-,19-/m0/s1. The van der Waals surface area contributed by atoms with Crippen molar-refractivity contribution in [3.8, 4) is 0 Å². The first-order chi connectivity index (χ1) is 12.5. The Labute approximate surface area is 164 Å². The highest BCUT2D eigenvalue weighted by molar-refractivity contribution is 6.81. The fraction of sp³-hybridized carbons (Fsp3) is 0.682. The molecule has 3 rings (SSSR count). The van der Waals surface area contributed by atoms with Crippen LogP contribution in [0.15, 0.2) is 30.3 Å². The Kier molecular flexibility index (Phi) is 5.34. The van der Waals surface area contributed by atoms with Gasteiger partial charge in [0.15, 0.2) is 0 Å². The fourth-order valence-corrected chi connectivity index (χ4v) is 12.9. The lowest BCUT2D eigenvalue weighted by Gasteiger charge is -2.52. The first-order valence-corrected chi connectivity index (χ1v) is 12.0. The summed E-state index contributed by atoms with van der Waals surface area (Å²) in [5, 5.41) is -0.0350. The van der Waals surface area contributed by atoms with Crippen molar-refractivity contribution in [3.05, 3.63) is 35.9 Å². The van der Waals surface area contributed by atoms with Crippen LogP contribution >= 0.6 is 0 Å². The maximum atomic E-state index is 12.7. The summed E-state index contributed by atoms with van der Waals surface area (Å²) < 4.78 is 18.6. The molecule has 0 amide bonds. The average molecular weight is 391 g/mol. The molecule has 2 fully saturated rings. The molecule has 0 radical (unpaired) electrons. The van der Waals surface area contributed by atoms with Gasteiger partial charge < -0.3 is 13.9 Å². The summed E-state index contributed by atoms with van der Waals surface area (Å²) in [6, 6.07) is 10.2. The highest BCUT2D eigenvalue weighted by Crippen LogP contribution is 2.65. The number of ether oxygens (including phenoxy) is 2. The Bertz CT molecular complexity index is 660. The largest absolute Gasteiger partial charge is 0.460 e. The van der Waals surface area contributed by atoms with E-state index in [-0.39, 0.29) is 39.7 Å². The van der Waals surface area contributed by atoms with Crippen molar-refractivity contribution in [2.75, 3.05) is 6.61 Å². The first-order valence-electron chi connectivity index (χ1n) is 9.99. The van der Waals surface area contributed by atoms with Gasteiger partial charge in [-0.3, -0.25) is 4.79 Å². The molecule has 4 atom stereocenters. The lowest BCUT2D eigenvalue weighted by atomic mass is 9.98. The third kappa shape index (κ3) is 3.38. The van der Waals surface area contributed by atoms with Crippen LogP contribution in [0.3, 0.4) is 0 Å². The predicted octanol–water partition coefficient (Wildman–Crippen LogP) is 5.08. The van der Waals surface area contributed by atoms with Gasteiger partial charge in [0.2, 0.25) is 8.32 Å². The van der Waals surface area contributed by atoms with Crippen LogP contribution in [0.1, 0.15) is 54.0 Å². The normalized spacial score (nSPS) is 30.3. The molecule has 0 aliphatic carbocycles. The van der Waals surface area contributed by atoms with Crippen LogP contribution in [0, 0.1) is 5.92 Å². The van der Waals surface area contributed by atoms with E-state index < -0.39 is 8.32 Å². The second-order valence-electron chi connectivity index (χ2n) is 10.1. The fourth-order valence-electron chi connectivity index (χ4n) is 5.56. The Morgan fingerprint density at radius 1 is 1.04 bits per heavy atom. The van der Waals surface area contributed by atoms with Gasteiger partial charge in [-0.15, -0.1) is 0 Å². The van der Waals surface area contributed by atoms with Crippen LogP contribution in [0.2, 0.25) is 15.6 Å². The minimum Gasteiger partial charge on any atom is -0.460 e. The van der Waals surface area contributed by atoms with Crippen LogP contribution in [0.5, 0.6) is 0 Å². The van der Waals surface area contributed by atoms with Crippen molar-refractivity contribution in [3.63, 3.8) is 0 Å². The number of carbonyl (C=O) groups excluding carboxylic acids is 1. The maximum Gasteiger partial charge on any atom is 0.312 e. The number of rotatable bonds is 4. The van der Waals surface area contributed by atoms with Gasteiger partial charge in [0.05, 0.1) is 25.2 Å². The molecule has 2 heterocycles. The molecule has 4 nitrogen and oxygen atoms in total. The number of carbonyl (C=O) groups is 1. The predicted molar refractivity (Wildman–Crippen MR) is 109 cm³/mol. The van der Waals surface area contributed by atoms with E-state index in [0.29, 0.717) is 13.2 Å². The Balaban J connectivity index is 1.92. The van der Waals surface area contributed by atoms with Crippen molar-refractivity contribution in [2.45, 2.75) is 82.9 Å². The molecule has 2 aliphatic rings. The average Bonchev–Trinajstić information content (AvgIpc) is 3.04. The van der Waals surface area contributed by atoms with Crippen LogP contribution in [-0.2, 0) is 25.3 Å². The molecule has 0 aromatic heterocycles. The SMILES string of the molecule is C[C@@H]1OC(=O)[C@@H]2[C@H]1O[Si](C(C)(C)C)(C(C)(C)C)[C@@H]2COCc1ccccc1. The number of cyclic esters (lactones) is 1. The van der Waals surface area contributed by atoms with Gasteiger partial charge in [-0.25, -0.2) is 0 Å². The molecule has 0 N–H and O–H groups in total. The van der Waals surface area contributed by atoms with Crippen molar-refractivity contribution in [1.82, 2.24) is 0 Å². The molecular formula is C22H34O4Si. The zero-order valence-electron chi connectivity index (χ0n) is 17.7. The van der Waals surface area contributed by atoms with E-state index >= 15 is 0 Å². The molecule has 1 aromatic carbocycles. The molecular weight excluding hydrogens is 356 g/mol. The highest BCUT2D eigenvalue weighted by atomic mass is 28.4. The molecule has 0 bridgehead atoms. The third-order valence-electron chi connectivity index (χ3n) is 6.31. The molecule has 5 heteroatoms. The lowest BCUT2D eigenvalue weighted by molar-refractivity contribution is -0.144. The number of benzene rings is 1. The van der Waals surface area contributed by atoms with E-state index in [4.69, 9.17) is 13.9 Å². The number of hydrogen-bond acceptors (Lipinski definition) is 4. The van der Waals surface area contributed by atoms with Gasteiger partial charge in [0, 0.05) is 5.54 Å². The Hall–Kier alpha value is -1.17. The van der Waals surface area contributed by atoms with Crippen LogP contribution in [0.4, 0.5) is 0 Å². The maximum absolute atomic E-state index is 12.7. The van der Waals surface area contributed by atoms with Crippen molar-refractivity contribution in [2.24, 2.45) is 5.92 Å². The third-order valence-corrected chi connectivity index (χ3v) is 13.0. The summed E-state index contributed by atoms with van der Waals surface area (Å²) in [5.41, 5.74) is 1.23. The minimum absolute atomic E-state index is 0.0175. The Morgan fingerprint density at radius 2 is 1.63 bits per heavy atom.